The number of benzene rings is 2. The van der Waals surface area contributed by atoms with Gasteiger partial charge in [-0.2, -0.15) is 0 Å². The number of carbonyl (C=O) groups is 2. The Morgan fingerprint density at radius 1 is 1.20 bits per heavy atom. The van der Waals surface area contributed by atoms with E-state index in [4.69, 9.17) is 17.0 Å². The van der Waals surface area contributed by atoms with Gasteiger partial charge in [0.05, 0.1) is 13.5 Å². The number of rotatable bonds is 9. The molecule has 156 valence electrons. The molecule has 1 heterocycles. The summed E-state index contributed by atoms with van der Waals surface area (Å²) in [6, 6.07) is 16.4. The normalized spacial score (nSPS) is 16.0. The summed E-state index contributed by atoms with van der Waals surface area (Å²) < 4.78 is 5.13. The maximum atomic E-state index is 13.0. The van der Waals surface area contributed by atoms with E-state index in [0.717, 1.165) is 12.0 Å². The molecule has 1 N–H and O–H groups in total. The van der Waals surface area contributed by atoms with E-state index in [-0.39, 0.29) is 18.2 Å². The highest BCUT2D eigenvalue weighted by atomic mass is 32.1. The SMILES string of the molecule is C=CCN1C(=O)[C@H](CC(=O)Nc2ccc(OC)cc2)N(CCc2ccccc2)C1=S. The Morgan fingerprint density at radius 2 is 1.90 bits per heavy atom. The Kier molecular flexibility index (Phi) is 7.19. The quantitative estimate of drug-likeness (QED) is 0.496. The molecular formula is C23H25N3O3S. The number of carbonyl (C=O) groups excluding carboxylic acids is 2. The lowest BCUT2D eigenvalue weighted by Gasteiger charge is -2.23. The third kappa shape index (κ3) is 5.04. The Bertz CT molecular complexity index is 915. The van der Waals surface area contributed by atoms with Crippen molar-refractivity contribution in [2.24, 2.45) is 0 Å². The fraction of sp³-hybridized carbons (Fsp3) is 0.261. The van der Waals surface area contributed by atoms with Crippen molar-refractivity contribution < 1.29 is 14.3 Å². The summed E-state index contributed by atoms with van der Waals surface area (Å²) in [5, 5.41) is 3.28. The molecule has 2 aromatic rings. The van der Waals surface area contributed by atoms with Gasteiger partial charge in [-0.1, -0.05) is 36.4 Å². The highest BCUT2D eigenvalue weighted by Crippen LogP contribution is 2.22. The molecule has 0 spiro atoms. The zero-order valence-corrected chi connectivity index (χ0v) is 17.7. The average molecular weight is 424 g/mol. The molecule has 0 aromatic heterocycles. The van der Waals surface area contributed by atoms with Crippen LogP contribution in [0, 0.1) is 0 Å². The number of hydrogen-bond acceptors (Lipinski definition) is 4. The van der Waals surface area contributed by atoms with Crippen molar-refractivity contribution in [2.75, 3.05) is 25.5 Å². The van der Waals surface area contributed by atoms with Crippen LogP contribution >= 0.6 is 12.2 Å². The molecule has 0 aliphatic carbocycles. The minimum absolute atomic E-state index is 0.0213. The van der Waals surface area contributed by atoms with Crippen LogP contribution in [0.25, 0.3) is 0 Å². The van der Waals surface area contributed by atoms with Crippen molar-refractivity contribution in [2.45, 2.75) is 18.9 Å². The van der Waals surface area contributed by atoms with Gasteiger partial charge in [0.1, 0.15) is 11.8 Å². The summed E-state index contributed by atoms with van der Waals surface area (Å²) in [5.74, 6) is 0.292. The average Bonchev–Trinajstić information content (AvgIpc) is 2.97. The van der Waals surface area contributed by atoms with Crippen LogP contribution in [0.4, 0.5) is 5.69 Å². The fourth-order valence-electron chi connectivity index (χ4n) is 3.40. The van der Waals surface area contributed by atoms with Gasteiger partial charge in [0.25, 0.3) is 5.91 Å². The lowest BCUT2D eigenvalue weighted by Crippen LogP contribution is -2.39. The molecule has 0 bridgehead atoms. The molecule has 1 fully saturated rings. The van der Waals surface area contributed by atoms with E-state index in [2.05, 4.69) is 11.9 Å². The van der Waals surface area contributed by atoms with Gasteiger partial charge < -0.3 is 15.0 Å². The van der Waals surface area contributed by atoms with E-state index >= 15 is 0 Å². The van der Waals surface area contributed by atoms with Crippen molar-refractivity contribution in [3.8, 4) is 5.75 Å². The summed E-state index contributed by atoms with van der Waals surface area (Å²) in [6.45, 7) is 4.59. The van der Waals surface area contributed by atoms with Crippen LogP contribution in [-0.2, 0) is 16.0 Å². The first-order valence-electron chi connectivity index (χ1n) is 9.74. The number of nitrogens with one attached hydrogen (secondary N) is 1. The van der Waals surface area contributed by atoms with Crippen LogP contribution in [-0.4, -0.2) is 53.0 Å². The number of hydrogen-bond donors (Lipinski definition) is 1. The standard InChI is InChI=1S/C23H25N3O3S/c1-3-14-26-22(28)20(16-21(27)24-18-9-11-19(29-2)12-10-18)25(23(26)30)15-13-17-7-5-4-6-8-17/h3-12,20H,1,13-16H2,2H3,(H,24,27)/t20-/m0/s1. The maximum Gasteiger partial charge on any atom is 0.252 e. The van der Waals surface area contributed by atoms with Gasteiger partial charge in [-0.3, -0.25) is 14.5 Å². The Hall–Kier alpha value is -3.19. The summed E-state index contributed by atoms with van der Waals surface area (Å²) in [7, 11) is 1.58. The monoisotopic (exact) mass is 423 g/mol. The van der Waals surface area contributed by atoms with Crippen LogP contribution in [0.5, 0.6) is 5.75 Å². The first-order valence-corrected chi connectivity index (χ1v) is 10.1. The zero-order valence-electron chi connectivity index (χ0n) is 16.9. The predicted octanol–water partition coefficient (Wildman–Crippen LogP) is 3.25. The van der Waals surface area contributed by atoms with E-state index in [0.29, 0.717) is 29.6 Å². The number of thiocarbonyl (C=S) groups is 1. The zero-order chi connectivity index (χ0) is 21.5. The molecule has 1 atom stereocenters. The van der Waals surface area contributed by atoms with E-state index in [1.807, 2.05) is 35.2 Å². The lowest BCUT2D eigenvalue weighted by atomic mass is 10.1. The van der Waals surface area contributed by atoms with E-state index in [1.54, 1.807) is 37.5 Å². The molecule has 2 aromatic carbocycles. The molecule has 1 aliphatic rings. The van der Waals surface area contributed by atoms with Gasteiger partial charge in [0, 0.05) is 18.8 Å². The summed E-state index contributed by atoms with van der Waals surface area (Å²) in [4.78, 5) is 29.0. The summed E-state index contributed by atoms with van der Waals surface area (Å²) >= 11 is 5.54. The first kappa shape index (κ1) is 21.5. The molecular weight excluding hydrogens is 398 g/mol. The van der Waals surface area contributed by atoms with Crippen LogP contribution in [0.2, 0.25) is 0 Å². The molecule has 30 heavy (non-hydrogen) atoms. The van der Waals surface area contributed by atoms with Gasteiger partial charge in [-0.05, 0) is 48.5 Å². The fourth-order valence-corrected chi connectivity index (χ4v) is 3.78. The third-order valence-electron chi connectivity index (χ3n) is 4.95. The van der Waals surface area contributed by atoms with E-state index < -0.39 is 6.04 Å². The Labute approximate surface area is 182 Å². The Balaban J connectivity index is 1.70. The second-order valence-electron chi connectivity index (χ2n) is 6.95. The van der Waals surface area contributed by atoms with E-state index in [9.17, 15) is 9.59 Å². The van der Waals surface area contributed by atoms with Crippen LogP contribution in [0.1, 0.15) is 12.0 Å². The van der Waals surface area contributed by atoms with Crippen molar-refractivity contribution in [3.63, 3.8) is 0 Å². The minimum Gasteiger partial charge on any atom is -0.497 e. The lowest BCUT2D eigenvalue weighted by molar-refractivity contribution is -0.130. The number of methoxy groups -OCH3 is 1. The highest BCUT2D eigenvalue weighted by molar-refractivity contribution is 7.80. The van der Waals surface area contributed by atoms with Crippen LogP contribution in [0.3, 0.4) is 0 Å². The molecule has 0 radical (unpaired) electrons. The molecule has 1 aliphatic heterocycles. The van der Waals surface area contributed by atoms with Gasteiger partial charge in [-0.15, -0.1) is 6.58 Å². The van der Waals surface area contributed by atoms with Gasteiger partial charge in [0.15, 0.2) is 5.11 Å². The molecule has 6 nitrogen and oxygen atoms in total. The molecule has 0 unspecified atom stereocenters. The molecule has 7 heteroatoms. The van der Waals surface area contributed by atoms with Crippen molar-refractivity contribution in [1.82, 2.24) is 9.80 Å². The largest absolute Gasteiger partial charge is 0.497 e. The maximum absolute atomic E-state index is 13.0. The van der Waals surface area contributed by atoms with Gasteiger partial charge in [0.2, 0.25) is 5.91 Å². The van der Waals surface area contributed by atoms with Gasteiger partial charge in [-0.25, -0.2) is 0 Å². The second-order valence-corrected chi connectivity index (χ2v) is 7.31. The summed E-state index contributed by atoms with van der Waals surface area (Å²) in [5.41, 5.74) is 1.80. The number of amides is 2. The number of ether oxygens (including phenoxy) is 1. The van der Waals surface area contributed by atoms with Gasteiger partial charge >= 0.3 is 0 Å². The second kappa shape index (κ2) is 10.0. The van der Waals surface area contributed by atoms with Crippen LogP contribution in [0.15, 0.2) is 67.3 Å². The third-order valence-corrected chi connectivity index (χ3v) is 5.41. The molecule has 1 saturated heterocycles. The highest BCUT2D eigenvalue weighted by Gasteiger charge is 2.42. The molecule has 0 saturated carbocycles. The molecule has 3 rings (SSSR count). The van der Waals surface area contributed by atoms with E-state index in [1.165, 1.54) is 4.90 Å². The number of anilines is 1. The first-order chi connectivity index (χ1) is 14.5. The van der Waals surface area contributed by atoms with Crippen molar-refractivity contribution in [3.05, 3.63) is 72.8 Å². The number of nitrogens with zero attached hydrogens (tertiary/aromatic N) is 2. The van der Waals surface area contributed by atoms with Crippen LogP contribution < -0.4 is 10.1 Å². The molecule has 2 amide bonds. The van der Waals surface area contributed by atoms with Crippen molar-refractivity contribution >= 4 is 34.8 Å². The predicted molar refractivity (Wildman–Crippen MR) is 121 cm³/mol. The smallest absolute Gasteiger partial charge is 0.252 e. The summed E-state index contributed by atoms with van der Waals surface area (Å²) in [6.07, 6.45) is 2.39. The van der Waals surface area contributed by atoms with Crippen molar-refractivity contribution in [1.29, 1.82) is 0 Å². The topological polar surface area (TPSA) is 61.9 Å². The minimum atomic E-state index is -0.626. The Morgan fingerprint density at radius 3 is 2.53 bits per heavy atom.